The lowest BCUT2D eigenvalue weighted by molar-refractivity contribution is -0.656. The molecule has 0 aromatic heterocycles. The van der Waals surface area contributed by atoms with Crippen molar-refractivity contribution in [2.24, 2.45) is 5.73 Å². The predicted molar refractivity (Wildman–Crippen MR) is 42.0 cm³/mol. The fourth-order valence-electron chi connectivity index (χ4n) is 0.743. The zero-order valence-corrected chi connectivity index (χ0v) is 6.55. The van der Waals surface area contributed by atoms with Crippen molar-refractivity contribution in [3.05, 3.63) is 12.3 Å². The molecular weight excluding hydrogens is 126 g/mol. The van der Waals surface area contributed by atoms with Crippen LogP contribution in [-0.2, 0) is 0 Å². The Bertz CT molecular complexity index is 80.9. The minimum Gasteiger partial charge on any atom is -0.405 e. The molecule has 0 aliphatic rings. The van der Waals surface area contributed by atoms with Gasteiger partial charge < -0.3 is 16.8 Å². The SMILES string of the molecule is N/C=C/CC[NH2+]CCC[NH3+]. The maximum Gasteiger partial charge on any atom is 0.0809 e. The van der Waals surface area contributed by atoms with Crippen molar-refractivity contribution in [2.45, 2.75) is 12.8 Å². The Morgan fingerprint density at radius 1 is 1.40 bits per heavy atom. The second-order valence-electron chi connectivity index (χ2n) is 2.29. The molecule has 0 bridgehead atoms. The maximum atomic E-state index is 5.16. The molecule has 0 aliphatic heterocycles. The number of hydrogen-bond donors (Lipinski definition) is 3. The van der Waals surface area contributed by atoms with Crippen molar-refractivity contribution in [3.8, 4) is 0 Å². The number of rotatable bonds is 6. The van der Waals surface area contributed by atoms with Crippen molar-refractivity contribution < 1.29 is 11.1 Å². The topological polar surface area (TPSA) is 70.3 Å². The lowest BCUT2D eigenvalue weighted by atomic mass is 10.4. The van der Waals surface area contributed by atoms with Crippen LogP contribution in [0.4, 0.5) is 0 Å². The van der Waals surface area contributed by atoms with Gasteiger partial charge in [0.1, 0.15) is 0 Å². The molecule has 3 nitrogen and oxygen atoms in total. The van der Waals surface area contributed by atoms with Crippen LogP contribution in [-0.4, -0.2) is 19.6 Å². The monoisotopic (exact) mass is 145 g/mol. The fraction of sp³-hybridized carbons (Fsp3) is 0.714. The standard InChI is InChI=1S/C7H17N3/c8-4-1-2-6-10-7-3-5-9/h1,4,10H,2-3,5-9H2/p+2/b4-1+. The molecule has 0 saturated carbocycles. The highest BCUT2D eigenvalue weighted by molar-refractivity contribution is 4.73. The molecule has 0 aliphatic carbocycles. The van der Waals surface area contributed by atoms with Gasteiger partial charge in [0.15, 0.2) is 0 Å². The van der Waals surface area contributed by atoms with Crippen LogP contribution >= 0.6 is 0 Å². The predicted octanol–water partition coefficient (Wildman–Crippen LogP) is -1.96. The van der Waals surface area contributed by atoms with E-state index in [1.54, 1.807) is 6.20 Å². The average molecular weight is 145 g/mol. The summed E-state index contributed by atoms with van der Waals surface area (Å²) >= 11 is 0. The van der Waals surface area contributed by atoms with E-state index in [1.165, 1.54) is 13.0 Å². The van der Waals surface area contributed by atoms with Crippen LogP contribution in [0.1, 0.15) is 12.8 Å². The van der Waals surface area contributed by atoms with Crippen LogP contribution in [0.15, 0.2) is 12.3 Å². The van der Waals surface area contributed by atoms with E-state index in [4.69, 9.17) is 5.73 Å². The first kappa shape index (κ1) is 9.46. The molecule has 0 unspecified atom stereocenters. The Labute approximate surface area is 62.5 Å². The van der Waals surface area contributed by atoms with Crippen molar-refractivity contribution in [3.63, 3.8) is 0 Å². The summed E-state index contributed by atoms with van der Waals surface area (Å²) in [4.78, 5) is 0. The molecule has 0 aromatic carbocycles. The van der Waals surface area contributed by atoms with Gasteiger partial charge in [-0.2, -0.15) is 0 Å². The van der Waals surface area contributed by atoms with Crippen molar-refractivity contribution in [2.75, 3.05) is 19.6 Å². The summed E-state index contributed by atoms with van der Waals surface area (Å²) in [6, 6.07) is 0. The molecule has 3 heteroatoms. The van der Waals surface area contributed by atoms with Gasteiger partial charge in [0.2, 0.25) is 0 Å². The molecule has 0 amide bonds. The number of hydrogen-bond acceptors (Lipinski definition) is 1. The van der Waals surface area contributed by atoms with Gasteiger partial charge in [0.05, 0.1) is 19.6 Å². The largest absolute Gasteiger partial charge is 0.405 e. The highest BCUT2D eigenvalue weighted by Gasteiger charge is 1.87. The molecule has 10 heavy (non-hydrogen) atoms. The highest BCUT2D eigenvalue weighted by Crippen LogP contribution is 1.71. The third-order valence-electron chi connectivity index (χ3n) is 1.33. The van der Waals surface area contributed by atoms with Crippen LogP contribution in [0.3, 0.4) is 0 Å². The van der Waals surface area contributed by atoms with E-state index < -0.39 is 0 Å². The molecule has 0 heterocycles. The third kappa shape index (κ3) is 7.46. The van der Waals surface area contributed by atoms with Crippen LogP contribution in [0.25, 0.3) is 0 Å². The van der Waals surface area contributed by atoms with Gasteiger partial charge in [-0.3, -0.25) is 0 Å². The Balaban J connectivity index is 2.77. The van der Waals surface area contributed by atoms with Gasteiger partial charge in [0.25, 0.3) is 0 Å². The summed E-state index contributed by atoms with van der Waals surface area (Å²) in [5, 5.41) is 2.30. The lowest BCUT2D eigenvalue weighted by Crippen LogP contribution is -2.84. The first-order valence-electron chi connectivity index (χ1n) is 3.89. The summed E-state index contributed by atoms with van der Waals surface area (Å²) in [5.41, 5.74) is 8.93. The summed E-state index contributed by atoms with van der Waals surface area (Å²) < 4.78 is 0. The van der Waals surface area contributed by atoms with E-state index in [1.807, 2.05) is 6.08 Å². The Kier molecular flexibility index (Phi) is 8.00. The van der Waals surface area contributed by atoms with E-state index in [2.05, 4.69) is 11.1 Å². The minimum atomic E-state index is 1.04. The van der Waals surface area contributed by atoms with Crippen LogP contribution < -0.4 is 16.8 Å². The van der Waals surface area contributed by atoms with Crippen LogP contribution in [0.5, 0.6) is 0 Å². The molecule has 7 N–H and O–H groups in total. The molecule has 0 spiro atoms. The molecule has 0 saturated heterocycles. The summed E-state index contributed by atoms with van der Waals surface area (Å²) in [7, 11) is 0. The van der Waals surface area contributed by atoms with Crippen LogP contribution in [0.2, 0.25) is 0 Å². The zero-order chi connectivity index (χ0) is 7.66. The Morgan fingerprint density at radius 3 is 2.80 bits per heavy atom. The zero-order valence-electron chi connectivity index (χ0n) is 6.55. The quantitative estimate of drug-likeness (QED) is 0.373. The highest BCUT2D eigenvalue weighted by atomic mass is 14.8. The van der Waals surface area contributed by atoms with Gasteiger partial charge in [-0.15, -0.1) is 0 Å². The number of nitrogens with two attached hydrogens (primary N) is 2. The second-order valence-corrected chi connectivity index (χ2v) is 2.29. The van der Waals surface area contributed by atoms with E-state index >= 15 is 0 Å². The lowest BCUT2D eigenvalue weighted by Gasteiger charge is -1.95. The average Bonchev–Trinajstić information content (AvgIpc) is 1.97. The van der Waals surface area contributed by atoms with E-state index in [9.17, 15) is 0 Å². The fourth-order valence-corrected chi connectivity index (χ4v) is 0.743. The molecule has 0 aromatic rings. The molecule has 0 rings (SSSR count). The molecule has 60 valence electrons. The van der Waals surface area contributed by atoms with Gasteiger partial charge in [-0.05, 0) is 6.20 Å². The van der Waals surface area contributed by atoms with Gasteiger partial charge >= 0.3 is 0 Å². The minimum absolute atomic E-state index is 1.04. The molecular formula is C7H19N3+2. The van der Waals surface area contributed by atoms with E-state index in [0.29, 0.717) is 0 Å². The van der Waals surface area contributed by atoms with E-state index in [0.717, 1.165) is 19.5 Å². The van der Waals surface area contributed by atoms with Gasteiger partial charge in [0, 0.05) is 12.8 Å². The molecule has 0 radical (unpaired) electrons. The molecule has 0 atom stereocenters. The van der Waals surface area contributed by atoms with Crippen LogP contribution in [0, 0.1) is 0 Å². The summed E-state index contributed by atoms with van der Waals surface area (Å²) in [5.74, 6) is 0. The second kappa shape index (κ2) is 8.46. The third-order valence-corrected chi connectivity index (χ3v) is 1.33. The van der Waals surface area contributed by atoms with Gasteiger partial charge in [-0.1, -0.05) is 6.08 Å². The maximum absolute atomic E-state index is 5.16. The summed E-state index contributed by atoms with van der Waals surface area (Å²) in [6.45, 7) is 3.39. The Morgan fingerprint density at radius 2 is 2.20 bits per heavy atom. The van der Waals surface area contributed by atoms with Crippen molar-refractivity contribution in [1.82, 2.24) is 0 Å². The molecule has 0 fully saturated rings. The van der Waals surface area contributed by atoms with E-state index in [-0.39, 0.29) is 0 Å². The smallest absolute Gasteiger partial charge is 0.0809 e. The van der Waals surface area contributed by atoms with Gasteiger partial charge in [-0.25, -0.2) is 0 Å². The summed E-state index contributed by atoms with van der Waals surface area (Å²) in [6.07, 6.45) is 5.88. The van der Waals surface area contributed by atoms with Crippen molar-refractivity contribution >= 4 is 0 Å². The first-order valence-corrected chi connectivity index (χ1v) is 3.89. The van der Waals surface area contributed by atoms with Crippen molar-refractivity contribution in [1.29, 1.82) is 0 Å². The Hall–Kier alpha value is -0.540. The number of quaternary nitrogens is 2. The normalized spacial score (nSPS) is 10.9. The first-order chi connectivity index (χ1) is 4.91.